The van der Waals surface area contributed by atoms with Crippen LogP contribution in [-0.2, 0) is 23.8 Å². The fourth-order valence-electron chi connectivity index (χ4n) is 13.1. The number of nitrogens with one attached hydrogen (secondary N) is 1. The Kier molecular flexibility index (Phi) is 9.19. The van der Waals surface area contributed by atoms with E-state index in [2.05, 4.69) is 56.9 Å². The first kappa shape index (κ1) is 37.6. The van der Waals surface area contributed by atoms with Gasteiger partial charge in [-0.3, -0.25) is 14.4 Å². The molecule has 1 amide bonds. The zero-order valence-corrected chi connectivity index (χ0v) is 32.5. The molecule has 11 atom stereocenters. The molecule has 12 nitrogen and oxygen atoms in total. The monoisotopic (exact) mass is 723 g/mol. The Labute approximate surface area is 308 Å². The van der Waals surface area contributed by atoms with E-state index in [4.69, 9.17) is 19.9 Å². The molecular weight excluding hydrogens is 662 g/mol. The summed E-state index contributed by atoms with van der Waals surface area (Å²) in [6.07, 6.45) is 8.30. The van der Waals surface area contributed by atoms with Crippen molar-refractivity contribution in [1.29, 1.82) is 0 Å². The predicted octanol–water partition coefficient (Wildman–Crippen LogP) is 4.84. The van der Waals surface area contributed by atoms with Crippen LogP contribution in [0.5, 0.6) is 0 Å². The zero-order valence-electron chi connectivity index (χ0n) is 32.5. The molecule has 3 heterocycles. The molecule has 2 aliphatic heterocycles. The maximum atomic E-state index is 15.1. The summed E-state index contributed by atoms with van der Waals surface area (Å²) < 4.78 is 21.1. The molecule has 4 N–H and O–H groups in total. The van der Waals surface area contributed by atoms with Crippen LogP contribution in [0.15, 0.2) is 18.0 Å². The van der Waals surface area contributed by atoms with E-state index in [-0.39, 0.29) is 46.9 Å². The highest BCUT2D eigenvalue weighted by Gasteiger charge is 2.74. The number of carbonyl (C=O) groups excluding carboxylic acids is 2. The highest BCUT2D eigenvalue weighted by atomic mass is 16.5. The van der Waals surface area contributed by atoms with Crippen molar-refractivity contribution in [2.45, 2.75) is 111 Å². The number of nitrogens with two attached hydrogens (primary N) is 1. The largest absolute Gasteiger partial charge is 0.481 e. The van der Waals surface area contributed by atoms with E-state index >= 15 is 4.79 Å². The number of hydrogen-bond donors (Lipinski definition) is 3. The van der Waals surface area contributed by atoms with E-state index in [1.807, 2.05) is 20.0 Å². The van der Waals surface area contributed by atoms with Gasteiger partial charge in [-0.1, -0.05) is 54.0 Å². The van der Waals surface area contributed by atoms with Crippen LogP contribution in [0.1, 0.15) is 110 Å². The predicted molar refractivity (Wildman–Crippen MR) is 193 cm³/mol. The molecule has 288 valence electrons. The van der Waals surface area contributed by atoms with Crippen LogP contribution in [-0.4, -0.2) is 89.3 Å². The maximum Gasteiger partial charge on any atom is 0.308 e. The van der Waals surface area contributed by atoms with Gasteiger partial charge >= 0.3 is 5.97 Å². The number of amides is 1. The molecule has 7 rings (SSSR count). The summed E-state index contributed by atoms with van der Waals surface area (Å²) in [6.45, 7) is 17.7. The normalized spacial score (nSPS) is 43.1. The minimum Gasteiger partial charge on any atom is -0.481 e. The number of ether oxygens (including phenoxy) is 3. The van der Waals surface area contributed by atoms with Gasteiger partial charge in [-0.15, -0.1) is 0 Å². The minimum atomic E-state index is -1.08. The lowest BCUT2D eigenvalue weighted by atomic mass is 9.34. The number of fused-ring (bicyclic) bond motifs is 3. The third-order valence-corrected chi connectivity index (χ3v) is 16.6. The van der Waals surface area contributed by atoms with Crippen molar-refractivity contribution >= 4 is 17.7 Å². The summed E-state index contributed by atoms with van der Waals surface area (Å²) in [6, 6.07) is -0.409. The number of rotatable bonds is 9. The van der Waals surface area contributed by atoms with Crippen molar-refractivity contribution in [3.05, 3.63) is 23.8 Å². The lowest BCUT2D eigenvalue weighted by molar-refractivity contribution is -0.252. The summed E-state index contributed by atoms with van der Waals surface area (Å²) in [7, 11) is 1.97. The van der Waals surface area contributed by atoms with Crippen LogP contribution in [0.3, 0.4) is 0 Å². The number of carboxylic acid groups (broad SMARTS) is 1. The first-order valence-corrected chi connectivity index (χ1v) is 19.6. The number of carbonyl (C=O) groups is 3. The third-order valence-electron chi connectivity index (χ3n) is 16.6. The van der Waals surface area contributed by atoms with Gasteiger partial charge < -0.3 is 30.4 Å². The summed E-state index contributed by atoms with van der Waals surface area (Å²) in [5, 5.41) is 19.2. The second-order valence-corrected chi connectivity index (χ2v) is 18.8. The lowest BCUT2D eigenvalue weighted by Gasteiger charge is -2.70. The van der Waals surface area contributed by atoms with Gasteiger partial charge in [0, 0.05) is 35.0 Å². The Balaban J connectivity index is 1.35. The van der Waals surface area contributed by atoms with Gasteiger partial charge in [0.25, 0.3) is 5.91 Å². The highest BCUT2D eigenvalue weighted by molar-refractivity contribution is 6.00. The Morgan fingerprint density at radius 2 is 1.79 bits per heavy atom. The second-order valence-electron chi connectivity index (χ2n) is 18.8. The average molecular weight is 724 g/mol. The Morgan fingerprint density at radius 1 is 1.08 bits per heavy atom. The number of nitrogens with zero attached hydrogens (tertiary/aromatic N) is 3. The van der Waals surface area contributed by atoms with Gasteiger partial charge in [-0.25, -0.2) is 9.67 Å². The average Bonchev–Trinajstić information content (AvgIpc) is 3.59. The van der Waals surface area contributed by atoms with Crippen molar-refractivity contribution in [1.82, 2.24) is 20.1 Å². The number of allylic oxidation sites excluding steroid dienone is 1. The molecule has 52 heavy (non-hydrogen) atoms. The number of aliphatic carboxylic acids is 1. The Hall–Kier alpha value is -2.67. The maximum absolute atomic E-state index is 15.1. The van der Waals surface area contributed by atoms with E-state index < -0.39 is 50.9 Å². The molecule has 5 fully saturated rings. The summed E-state index contributed by atoms with van der Waals surface area (Å²) in [5.74, 6) is -1.82. The molecule has 2 saturated heterocycles. The van der Waals surface area contributed by atoms with Crippen LogP contribution in [0.25, 0.3) is 0 Å². The molecule has 4 aliphatic carbocycles. The van der Waals surface area contributed by atoms with Crippen molar-refractivity contribution in [2.75, 3.05) is 40.1 Å². The molecule has 0 aromatic carbocycles. The fourth-order valence-corrected chi connectivity index (χ4v) is 13.1. The van der Waals surface area contributed by atoms with Gasteiger partial charge in [-0.05, 0) is 92.6 Å². The first-order valence-electron chi connectivity index (χ1n) is 19.6. The quantitative estimate of drug-likeness (QED) is 0.321. The molecular formula is C40H61N5O7. The van der Waals surface area contributed by atoms with Crippen LogP contribution in [0.2, 0.25) is 0 Å². The van der Waals surface area contributed by atoms with Crippen LogP contribution >= 0.6 is 0 Å². The summed E-state index contributed by atoms with van der Waals surface area (Å²) >= 11 is 0. The topological polar surface area (TPSA) is 168 Å². The molecule has 3 saturated carbocycles. The Bertz CT molecular complexity index is 1640. The van der Waals surface area contributed by atoms with Crippen molar-refractivity contribution in [3.8, 4) is 0 Å². The molecule has 2 bridgehead atoms. The number of likely N-dealkylation sites (N-methyl/N-ethyl adjacent to an activating group) is 1. The lowest BCUT2D eigenvalue weighted by Crippen LogP contribution is -2.70. The third kappa shape index (κ3) is 5.01. The van der Waals surface area contributed by atoms with Crippen molar-refractivity contribution in [2.24, 2.45) is 62.4 Å². The number of ketones is 1. The first-order chi connectivity index (χ1) is 24.5. The number of hydrogen-bond acceptors (Lipinski definition) is 9. The number of primary amides is 1. The van der Waals surface area contributed by atoms with Gasteiger partial charge in [-0.2, -0.15) is 5.10 Å². The van der Waals surface area contributed by atoms with Crippen LogP contribution in [0, 0.1) is 56.7 Å². The summed E-state index contributed by atoms with van der Waals surface area (Å²) in [5.41, 5.74) is 3.49. The van der Waals surface area contributed by atoms with Crippen molar-refractivity contribution < 1.29 is 33.7 Å². The summed E-state index contributed by atoms with van der Waals surface area (Å²) in [4.78, 5) is 45.6. The molecule has 0 radical (unpaired) electrons. The van der Waals surface area contributed by atoms with E-state index in [1.54, 1.807) is 4.68 Å². The van der Waals surface area contributed by atoms with Gasteiger partial charge in [0.15, 0.2) is 5.78 Å². The standard InChI is InChI=1S/C40H61N5O7/c1-23(2)24(3)35(4)11-12-37(6)25-9-10-28-36(5)19-51-21-40(28,26(25)17-29(46)38(37,7)30(35)34(48)49)18-27(45-33(32(41)47)43-22-44-45)31(36)52-20-39(42-8)13-15-50-16-14-39/h17,22-25,27-28,30-31,42H,9-16,18-21H2,1-8H3,(H2,41,47)(H,48,49)/t24-,25+,27-,28+,30-,31+,35-,36+,37-,38+,40?/m1/s1. The smallest absolute Gasteiger partial charge is 0.308 e. The molecule has 12 heteroatoms. The molecule has 6 aliphatic rings. The fraction of sp³-hybridized carbons (Fsp3) is 0.825. The van der Waals surface area contributed by atoms with Gasteiger partial charge in [0.1, 0.15) is 6.33 Å². The van der Waals surface area contributed by atoms with Gasteiger partial charge in [0.2, 0.25) is 5.82 Å². The Morgan fingerprint density at radius 3 is 2.42 bits per heavy atom. The minimum absolute atomic E-state index is 0.00238. The van der Waals surface area contributed by atoms with Crippen molar-refractivity contribution in [3.63, 3.8) is 0 Å². The number of carboxylic acids is 1. The highest BCUT2D eigenvalue weighted by Crippen LogP contribution is 2.75. The van der Waals surface area contributed by atoms with Gasteiger partial charge in [0.05, 0.1) is 37.9 Å². The zero-order chi connectivity index (χ0) is 37.6. The second kappa shape index (κ2) is 12.7. The molecule has 1 aromatic heterocycles. The SMILES string of the molecule is CNC1(CO[C@H]2[C@H](n3ncnc3C(N)=O)CC34COC[C@@]2(C)[C@@H]3CC[C@H]2C4=CC(=O)[C@@]3(C)[C@H](C(=O)O)[C@@](C)([C@H](C)C(C)C)CC[C@]23C)CCOCC1. The molecule has 1 aromatic rings. The molecule has 0 spiro atoms. The van der Waals surface area contributed by atoms with Crippen LogP contribution in [0.4, 0.5) is 0 Å². The van der Waals surface area contributed by atoms with E-state index in [0.29, 0.717) is 39.5 Å². The van der Waals surface area contributed by atoms with Crippen LogP contribution < -0.4 is 11.1 Å². The molecule has 1 unspecified atom stereocenters. The van der Waals surface area contributed by atoms with E-state index in [1.165, 1.54) is 6.33 Å². The number of aromatic nitrogens is 3. The van der Waals surface area contributed by atoms with E-state index in [9.17, 15) is 14.7 Å². The van der Waals surface area contributed by atoms with E-state index in [0.717, 1.165) is 44.1 Å².